The van der Waals surface area contributed by atoms with E-state index in [-0.39, 0.29) is 6.42 Å². The number of hydrogen-bond acceptors (Lipinski definition) is 6. The molecule has 0 atom stereocenters. The molecular weight excluding hydrogens is 422 g/mol. The zero-order valence-electron chi connectivity index (χ0n) is 17.2. The quantitative estimate of drug-likeness (QED) is 0.243. The van der Waals surface area contributed by atoms with Crippen molar-refractivity contribution >= 4 is 50.1 Å². The molecule has 0 radical (unpaired) electrons. The van der Waals surface area contributed by atoms with E-state index in [0.29, 0.717) is 5.13 Å². The van der Waals surface area contributed by atoms with Gasteiger partial charge in [-0.1, -0.05) is 42.5 Å². The molecule has 158 valence electrons. The van der Waals surface area contributed by atoms with Crippen LogP contribution in [0.2, 0.25) is 0 Å². The summed E-state index contributed by atoms with van der Waals surface area (Å²) < 4.78 is 5.89. The van der Waals surface area contributed by atoms with Gasteiger partial charge in [0.15, 0.2) is 0 Å². The van der Waals surface area contributed by atoms with Crippen molar-refractivity contribution < 1.29 is 14.3 Å². The Hall–Kier alpha value is -3.97. The molecule has 7 heteroatoms. The number of nitrogens with one attached hydrogen (secondary N) is 1. The summed E-state index contributed by atoms with van der Waals surface area (Å²) in [6.45, 7) is 1.95. The molecular formula is C25H19N3O3S. The lowest BCUT2D eigenvalue weighted by Crippen LogP contribution is -1.99. The van der Waals surface area contributed by atoms with Gasteiger partial charge in [-0.3, -0.25) is 10.2 Å². The number of para-hydroxylation sites is 1. The van der Waals surface area contributed by atoms with Gasteiger partial charge in [0.05, 0.1) is 17.8 Å². The summed E-state index contributed by atoms with van der Waals surface area (Å²) in [5, 5.41) is 18.2. The van der Waals surface area contributed by atoms with Gasteiger partial charge < -0.3 is 9.52 Å². The maximum Gasteiger partial charge on any atom is 0.307 e. The van der Waals surface area contributed by atoms with Crippen molar-refractivity contribution in [1.82, 2.24) is 4.98 Å². The van der Waals surface area contributed by atoms with Crippen LogP contribution in [0.1, 0.15) is 18.1 Å². The zero-order chi connectivity index (χ0) is 22.1. The lowest BCUT2D eigenvalue weighted by Gasteiger charge is -2.02. The second-order valence-electron chi connectivity index (χ2n) is 7.42. The number of carboxylic acid groups (broad SMARTS) is 1. The fraction of sp³-hybridized carbons (Fsp3) is 0.0800. The number of benzene rings is 3. The van der Waals surface area contributed by atoms with Crippen LogP contribution in [0.5, 0.6) is 0 Å². The molecule has 0 spiro atoms. The van der Waals surface area contributed by atoms with E-state index in [2.05, 4.69) is 27.6 Å². The molecule has 0 bridgehead atoms. The van der Waals surface area contributed by atoms with Gasteiger partial charge in [0.1, 0.15) is 11.2 Å². The van der Waals surface area contributed by atoms with Gasteiger partial charge >= 0.3 is 5.97 Å². The average Bonchev–Trinajstić information content (AvgIpc) is 3.42. The van der Waals surface area contributed by atoms with Gasteiger partial charge in [-0.15, -0.1) is 11.3 Å². The molecule has 5 aromatic rings. The highest BCUT2D eigenvalue weighted by Crippen LogP contribution is 2.29. The third kappa shape index (κ3) is 3.98. The third-order valence-corrected chi connectivity index (χ3v) is 5.97. The van der Waals surface area contributed by atoms with Gasteiger partial charge in [-0.05, 0) is 42.3 Å². The van der Waals surface area contributed by atoms with Crippen LogP contribution < -0.4 is 5.43 Å². The number of nitrogens with zero attached hydrogens (tertiary/aromatic N) is 2. The van der Waals surface area contributed by atoms with Crippen molar-refractivity contribution in [2.45, 2.75) is 13.3 Å². The highest BCUT2D eigenvalue weighted by molar-refractivity contribution is 7.14. The summed E-state index contributed by atoms with van der Waals surface area (Å²) in [4.78, 5) is 15.4. The molecule has 0 amide bonds. The van der Waals surface area contributed by atoms with Crippen LogP contribution >= 0.6 is 11.3 Å². The molecule has 0 aliphatic carbocycles. The molecule has 0 fully saturated rings. The van der Waals surface area contributed by atoms with Crippen LogP contribution in [0.15, 0.2) is 81.6 Å². The van der Waals surface area contributed by atoms with Crippen molar-refractivity contribution in [3.05, 3.63) is 83.2 Å². The first-order valence-electron chi connectivity index (χ1n) is 10.1. The van der Waals surface area contributed by atoms with Crippen molar-refractivity contribution in [3.63, 3.8) is 0 Å². The topological polar surface area (TPSA) is 87.7 Å². The largest absolute Gasteiger partial charge is 0.481 e. The zero-order valence-corrected chi connectivity index (χ0v) is 18.0. The Morgan fingerprint density at radius 1 is 1.06 bits per heavy atom. The monoisotopic (exact) mass is 441 g/mol. The van der Waals surface area contributed by atoms with E-state index in [1.807, 2.05) is 66.9 Å². The van der Waals surface area contributed by atoms with E-state index < -0.39 is 5.97 Å². The number of furan rings is 1. The highest BCUT2D eigenvalue weighted by atomic mass is 32.1. The van der Waals surface area contributed by atoms with Crippen molar-refractivity contribution in [3.8, 4) is 11.3 Å². The molecule has 0 aliphatic heterocycles. The number of aliphatic carboxylic acids is 1. The van der Waals surface area contributed by atoms with Crippen LogP contribution in [0, 0.1) is 0 Å². The number of carboxylic acids is 1. The first-order chi connectivity index (χ1) is 15.6. The molecule has 0 aliphatic rings. The van der Waals surface area contributed by atoms with Crippen molar-refractivity contribution in [1.29, 1.82) is 0 Å². The maximum absolute atomic E-state index is 10.8. The van der Waals surface area contributed by atoms with Crippen LogP contribution in [0.25, 0.3) is 33.2 Å². The Kier molecular flexibility index (Phi) is 5.17. The number of hydrazone groups is 1. The fourth-order valence-electron chi connectivity index (χ4n) is 3.57. The summed E-state index contributed by atoms with van der Waals surface area (Å²) >= 11 is 1.46. The Morgan fingerprint density at radius 2 is 1.84 bits per heavy atom. The van der Waals surface area contributed by atoms with E-state index in [1.54, 1.807) is 0 Å². The number of hydrogen-bond donors (Lipinski definition) is 2. The van der Waals surface area contributed by atoms with Crippen molar-refractivity contribution in [2.75, 3.05) is 5.43 Å². The second kappa shape index (κ2) is 8.28. The molecule has 0 saturated carbocycles. The number of aromatic nitrogens is 1. The molecule has 3 aromatic carbocycles. The first kappa shape index (κ1) is 20.0. The molecule has 5 rings (SSSR count). The van der Waals surface area contributed by atoms with Crippen LogP contribution in [0.3, 0.4) is 0 Å². The number of rotatable bonds is 6. The molecule has 0 saturated heterocycles. The summed E-state index contributed by atoms with van der Waals surface area (Å²) in [7, 11) is 0. The minimum atomic E-state index is -0.841. The molecule has 2 N–H and O–H groups in total. The van der Waals surface area contributed by atoms with Crippen LogP contribution in [-0.2, 0) is 11.2 Å². The molecule has 0 unspecified atom stereocenters. The Labute approximate surface area is 187 Å². The van der Waals surface area contributed by atoms with Crippen LogP contribution in [0.4, 0.5) is 5.13 Å². The molecule has 2 heterocycles. The Morgan fingerprint density at radius 3 is 2.66 bits per heavy atom. The summed E-state index contributed by atoms with van der Waals surface area (Å²) in [6, 6.07) is 21.5. The summed E-state index contributed by atoms with van der Waals surface area (Å²) in [6.07, 6.45) is 0.0124. The molecule has 2 aromatic heterocycles. The summed E-state index contributed by atoms with van der Waals surface area (Å²) in [5.74, 6) is -0.841. The van der Waals surface area contributed by atoms with E-state index in [0.717, 1.165) is 50.0 Å². The van der Waals surface area contributed by atoms with E-state index >= 15 is 0 Å². The Bertz CT molecular complexity index is 1470. The number of carbonyl (C=O) groups is 1. The lowest BCUT2D eigenvalue weighted by atomic mass is 10.1. The predicted molar refractivity (Wildman–Crippen MR) is 128 cm³/mol. The van der Waals surface area contributed by atoms with Crippen molar-refractivity contribution in [2.24, 2.45) is 5.10 Å². The SMILES string of the molecule is C/C(=N\Nc1nc(-c2ccc(CC(=O)O)cc2)cs1)c1ccc2oc3ccccc3c2c1. The molecule has 6 nitrogen and oxygen atoms in total. The average molecular weight is 442 g/mol. The summed E-state index contributed by atoms with van der Waals surface area (Å²) in [5.41, 5.74) is 9.13. The van der Waals surface area contributed by atoms with Crippen LogP contribution in [-0.4, -0.2) is 21.8 Å². The van der Waals surface area contributed by atoms with E-state index in [4.69, 9.17) is 9.52 Å². The molecule has 32 heavy (non-hydrogen) atoms. The van der Waals surface area contributed by atoms with Gasteiger partial charge in [0, 0.05) is 21.7 Å². The third-order valence-electron chi connectivity index (χ3n) is 5.22. The van der Waals surface area contributed by atoms with Gasteiger partial charge in [-0.25, -0.2) is 4.98 Å². The lowest BCUT2D eigenvalue weighted by molar-refractivity contribution is -0.136. The number of fused-ring (bicyclic) bond motifs is 3. The van der Waals surface area contributed by atoms with Gasteiger partial charge in [0.2, 0.25) is 5.13 Å². The maximum atomic E-state index is 10.8. The van der Waals surface area contributed by atoms with Gasteiger partial charge in [0.25, 0.3) is 0 Å². The minimum Gasteiger partial charge on any atom is -0.481 e. The van der Waals surface area contributed by atoms with E-state index in [1.165, 1.54) is 11.3 Å². The minimum absolute atomic E-state index is 0.0124. The second-order valence-corrected chi connectivity index (χ2v) is 8.28. The first-order valence-corrected chi connectivity index (χ1v) is 10.9. The normalized spacial score (nSPS) is 11.8. The highest BCUT2D eigenvalue weighted by Gasteiger charge is 2.09. The number of anilines is 1. The van der Waals surface area contributed by atoms with E-state index in [9.17, 15) is 4.79 Å². The number of thiazole rings is 1. The van der Waals surface area contributed by atoms with Gasteiger partial charge in [-0.2, -0.15) is 5.10 Å². The smallest absolute Gasteiger partial charge is 0.307 e. The Balaban J connectivity index is 1.34. The standard InChI is InChI=1S/C25H19N3O3S/c1-15(18-10-11-23-20(13-18)19-4-2-3-5-22(19)31-23)27-28-25-26-21(14-32-25)17-8-6-16(7-9-17)12-24(29)30/h2-11,13-14H,12H2,1H3,(H,26,28)(H,29,30)/b27-15+. The predicted octanol–water partition coefficient (Wildman–Crippen LogP) is 6.17. The fourth-order valence-corrected chi connectivity index (χ4v) is 4.23.